The summed E-state index contributed by atoms with van der Waals surface area (Å²) < 4.78 is 0. The van der Waals surface area contributed by atoms with Crippen LogP contribution in [-0.4, -0.2) is 35.5 Å². The Morgan fingerprint density at radius 2 is 2.32 bits per heavy atom. The Hall–Kier alpha value is -1.55. The predicted molar refractivity (Wildman–Crippen MR) is 75.1 cm³/mol. The standard InChI is InChI=1S/C15H22N2O2/c1-11-9-13(4-5-14(11)18)15(19)17-8-2-3-12(10-17)6-7-16/h4-5,9,12,18H,2-3,6-8,10,16H2,1H3. The molecule has 0 radical (unpaired) electrons. The van der Waals surface area contributed by atoms with Gasteiger partial charge in [0.2, 0.25) is 0 Å². The average Bonchev–Trinajstić information content (AvgIpc) is 2.42. The highest BCUT2D eigenvalue weighted by atomic mass is 16.3. The van der Waals surface area contributed by atoms with E-state index in [4.69, 9.17) is 5.73 Å². The highest BCUT2D eigenvalue weighted by Crippen LogP contribution is 2.23. The van der Waals surface area contributed by atoms with E-state index in [9.17, 15) is 9.90 Å². The fourth-order valence-electron chi connectivity index (χ4n) is 2.69. The van der Waals surface area contributed by atoms with Crippen molar-refractivity contribution >= 4 is 5.91 Å². The summed E-state index contributed by atoms with van der Waals surface area (Å²) in [5.41, 5.74) is 6.99. The Balaban J connectivity index is 2.08. The molecule has 1 atom stereocenters. The minimum atomic E-state index is 0.0600. The summed E-state index contributed by atoms with van der Waals surface area (Å²) in [5.74, 6) is 0.821. The molecule has 2 rings (SSSR count). The zero-order valence-corrected chi connectivity index (χ0v) is 11.4. The van der Waals surface area contributed by atoms with E-state index in [0.717, 1.165) is 37.9 Å². The molecule has 0 aliphatic carbocycles. The van der Waals surface area contributed by atoms with Crippen molar-refractivity contribution in [1.29, 1.82) is 0 Å². The molecule has 0 spiro atoms. The van der Waals surface area contributed by atoms with Gasteiger partial charge in [0.05, 0.1) is 0 Å². The van der Waals surface area contributed by atoms with Gasteiger partial charge in [-0.1, -0.05) is 0 Å². The maximum atomic E-state index is 12.4. The lowest BCUT2D eigenvalue weighted by molar-refractivity contribution is 0.0669. The fourth-order valence-corrected chi connectivity index (χ4v) is 2.69. The van der Waals surface area contributed by atoms with Gasteiger partial charge in [-0.3, -0.25) is 4.79 Å². The third kappa shape index (κ3) is 3.26. The Morgan fingerprint density at radius 1 is 1.53 bits per heavy atom. The van der Waals surface area contributed by atoms with Gasteiger partial charge in [0.1, 0.15) is 5.75 Å². The molecule has 1 aliphatic heterocycles. The molecule has 19 heavy (non-hydrogen) atoms. The van der Waals surface area contributed by atoms with Crippen LogP contribution in [0.15, 0.2) is 18.2 Å². The molecule has 1 aromatic carbocycles. The van der Waals surface area contributed by atoms with Crippen LogP contribution in [-0.2, 0) is 0 Å². The van der Waals surface area contributed by atoms with Crippen LogP contribution < -0.4 is 5.73 Å². The number of phenols is 1. The summed E-state index contributed by atoms with van der Waals surface area (Å²) in [6.07, 6.45) is 3.20. The first kappa shape index (κ1) is 13.9. The van der Waals surface area contributed by atoms with Crippen molar-refractivity contribution in [2.24, 2.45) is 11.7 Å². The third-order valence-electron chi connectivity index (χ3n) is 3.82. The highest BCUT2D eigenvalue weighted by Gasteiger charge is 2.24. The van der Waals surface area contributed by atoms with Gasteiger partial charge < -0.3 is 15.7 Å². The first-order valence-electron chi connectivity index (χ1n) is 6.90. The Kier molecular flexibility index (Phi) is 4.43. The number of carbonyl (C=O) groups is 1. The highest BCUT2D eigenvalue weighted by molar-refractivity contribution is 5.94. The van der Waals surface area contributed by atoms with Crippen molar-refractivity contribution in [2.45, 2.75) is 26.2 Å². The first-order valence-corrected chi connectivity index (χ1v) is 6.90. The van der Waals surface area contributed by atoms with Gasteiger partial charge in [-0.05, 0) is 62.4 Å². The number of likely N-dealkylation sites (tertiary alicyclic amines) is 1. The number of phenolic OH excluding ortho intramolecular Hbond substituents is 1. The molecule has 4 heteroatoms. The van der Waals surface area contributed by atoms with E-state index >= 15 is 0 Å². The van der Waals surface area contributed by atoms with Gasteiger partial charge in [-0.15, -0.1) is 0 Å². The molecule has 0 aromatic heterocycles. The molecule has 1 aliphatic rings. The van der Waals surface area contributed by atoms with Crippen LogP contribution in [0, 0.1) is 12.8 Å². The molecule has 4 nitrogen and oxygen atoms in total. The lowest BCUT2D eigenvalue weighted by atomic mass is 9.94. The van der Waals surface area contributed by atoms with Crippen LogP contribution in [0.1, 0.15) is 35.2 Å². The summed E-state index contributed by atoms with van der Waals surface area (Å²) in [4.78, 5) is 14.3. The van der Waals surface area contributed by atoms with Crippen molar-refractivity contribution in [2.75, 3.05) is 19.6 Å². The topological polar surface area (TPSA) is 66.6 Å². The van der Waals surface area contributed by atoms with Crippen LogP contribution >= 0.6 is 0 Å². The monoisotopic (exact) mass is 262 g/mol. The first-order chi connectivity index (χ1) is 9.11. The zero-order valence-electron chi connectivity index (χ0n) is 11.4. The average molecular weight is 262 g/mol. The number of aromatic hydroxyl groups is 1. The van der Waals surface area contributed by atoms with E-state index in [2.05, 4.69) is 0 Å². The molecular weight excluding hydrogens is 240 g/mol. The second-order valence-corrected chi connectivity index (χ2v) is 5.34. The molecule has 104 valence electrons. The van der Waals surface area contributed by atoms with E-state index in [0.29, 0.717) is 18.0 Å². The van der Waals surface area contributed by atoms with Crippen LogP contribution in [0.4, 0.5) is 0 Å². The zero-order chi connectivity index (χ0) is 13.8. The molecule has 1 fully saturated rings. The Labute approximate surface area is 114 Å². The molecule has 0 bridgehead atoms. The Bertz CT molecular complexity index is 457. The molecule has 0 saturated carbocycles. The number of hydrogen-bond acceptors (Lipinski definition) is 3. The van der Waals surface area contributed by atoms with Crippen LogP contribution in [0.5, 0.6) is 5.75 Å². The number of aryl methyl sites for hydroxylation is 1. The molecular formula is C15H22N2O2. The van der Waals surface area contributed by atoms with Crippen molar-refractivity contribution < 1.29 is 9.90 Å². The number of rotatable bonds is 3. The summed E-state index contributed by atoms with van der Waals surface area (Å²) >= 11 is 0. The van der Waals surface area contributed by atoms with Crippen LogP contribution in [0.2, 0.25) is 0 Å². The van der Waals surface area contributed by atoms with E-state index in [-0.39, 0.29) is 11.7 Å². The summed E-state index contributed by atoms with van der Waals surface area (Å²) in [5, 5.41) is 9.51. The van der Waals surface area contributed by atoms with E-state index in [1.165, 1.54) is 0 Å². The number of amides is 1. The molecule has 1 heterocycles. The lowest BCUT2D eigenvalue weighted by Gasteiger charge is -2.32. The molecule has 1 saturated heterocycles. The van der Waals surface area contributed by atoms with Crippen molar-refractivity contribution in [3.05, 3.63) is 29.3 Å². The number of piperidine rings is 1. The van der Waals surface area contributed by atoms with Crippen molar-refractivity contribution in [1.82, 2.24) is 4.90 Å². The van der Waals surface area contributed by atoms with Gasteiger partial charge in [-0.2, -0.15) is 0 Å². The maximum absolute atomic E-state index is 12.4. The van der Waals surface area contributed by atoms with Crippen molar-refractivity contribution in [3.63, 3.8) is 0 Å². The maximum Gasteiger partial charge on any atom is 0.253 e. The summed E-state index contributed by atoms with van der Waals surface area (Å²) in [7, 11) is 0. The number of hydrogen-bond donors (Lipinski definition) is 2. The van der Waals surface area contributed by atoms with Gasteiger partial charge in [-0.25, -0.2) is 0 Å². The molecule has 1 unspecified atom stereocenters. The number of nitrogens with zero attached hydrogens (tertiary/aromatic N) is 1. The quantitative estimate of drug-likeness (QED) is 0.874. The number of carbonyl (C=O) groups excluding carboxylic acids is 1. The number of nitrogens with two attached hydrogens (primary N) is 1. The van der Waals surface area contributed by atoms with Crippen LogP contribution in [0.25, 0.3) is 0 Å². The minimum Gasteiger partial charge on any atom is -0.508 e. The largest absolute Gasteiger partial charge is 0.508 e. The molecule has 3 N–H and O–H groups in total. The third-order valence-corrected chi connectivity index (χ3v) is 3.82. The normalized spacial score (nSPS) is 19.5. The van der Waals surface area contributed by atoms with Gasteiger partial charge in [0.15, 0.2) is 0 Å². The Morgan fingerprint density at radius 3 is 3.00 bits per heavy atom. The van der Waals surface area contributed by atoms with Gasteiger partial charge in [0.25, 0.3) is 5.91 Å². The fraction of sp³-hybridized carbons (Fsp3) is 0.533. The number of benzene rings is 1. The van der Waals surface area contributed by atoms with Crippen LogP contribution in [0.3, 0.4) is 0 Å². The van der Waals surface area contributed by atoms with Crippen molar-refractivity contribution in [3.8, 4) is 5.75 Å². The van der Waals surface area contributed by atoms with E-state index < -0.39 is 0 Å². The smallest absolute Gasteiger partial charge is 0.253 e. The summed E-state index contributed by atoms with van der Waals surface area (Å²) in [6, 6.07) is 5.03. The second kappa shape index (κ2) is 6.06. The second-order valence-electron chi connectivity index (χ2n) is 5.34. The predicted octanol–water partition coefficient (Wildman–Crippen LogP) is 1.90. The molecule has 1 amide bonds. The molecule has 1 aromatic rings. The van der Waals surface area contributed by atoms with E-state index in [1.54, 1.807) is 25.1 Å². The minimum absolute atomic E-state index is 0.0600. The SMILES string of the molecule is Cc1cc(C(=O)N2CCCC(CCN)C2)ccc1O. The summed E-state index contributed by atoms with van der Waals surface area (Å²) in [6.45, 7) is 4.11. The van der Waals surface area contributed by atoms with E-state index in [1.807, 2.05) is 4.90 Å². The lowest BCUT2D eigenvalue weighted by Crippen LogP contribution is -2.40. The van der Waals surface area contributed by atoms with Gasteiger partial charge in [0, 0.05) is 18.7 Å². The van der Waals surface area contributed by atoms with Gasteiger partial charge >= 0.3 is 0 Å².